The molecule has 0 fully saturated rings. The molecule has 0 atom stereocenters. The molecule has 5 nitrogen and oxygen atoms in total. The smallest absolute Gasteiger partial charge is 0.311 e. The van der Waals surface area contributed by atoms with Gasteiger partial charge in [-0.2, -0.15) is 0 Å². The Hall–Kier alpha value is 2.38. The van der Waals surface area contributed by atoms with E-state index in [0.717, 1.165) is 0 Å². The Morgan fingerprint density at radius 2 is 1.00 bits per heavy atom. The molecule has 0 saturated carbocycles. The minimum atomic E-state index is -2.68. The van der Waals surface area contributed by atoms with Crippen LogP contribution in [0, 0.1) is 21.6 Å². The first-order chi connectivity index (χ1) is 3.13. The molecule has 0 aliphatic rings. The molecule has 9 heteroatoms. The Bertz CT molecular complexity index is 42.2. The summed E-state index contributed by atoms with van der Waals surface area (Å²) < 4.78 is 39.6. The maximum absolute atomic E-state index is 9.15. The van der Waals surface area contributed by atoms with Gasteiger partial charge in [0.25, 0.3) is 0 Å². The number of hydrogen-bond acceptors (Lipinski definition) is 5. The summed E-state index contributed by atoms with van der Waals surface area (Å²) in [6, 6.07) is 0. The van der Waals surface area contributed by atoms with Crippen molar-refractivity contribution in [2.75, 3.05) is 0 Å². The Balaban J connectivity index is -0.000000180. The molecule has 0 aromatic carbocycles. The zero-order valence-electron chi connectivity index (χ0n) is 2.80. The van der Waals surface area contributed by atoms with E-state index in [1.54, 1.807) is 0 Å². The summed E-state index contributed by atoms with van der Waals surface area (Å²) in [5.74, 6) is 0. The van der Waals surface area contributed by atoms with Gasteiger partial charge in [0.15, 0.2) is 0 Å². The van der Waals surface area contributed by atoms with Crippen molar-refractivity contribution in [3.63, 3.8) is 0 Å². The molecule has 0 heterocycles. The summed E-state index contributed by atoms with van der Waals surface area (Å²) >= 11 is 0. The number of hydrogen-bond donors (Lipinski definition) is 0. The minimum absolute atomic E-state index is 0. The van der Waals surface area contributed by atoms with Crippen LogP contribution in [-0.2, 0) is 3.84 Å². The number of halogens is 2. The van der Waals surface area contributed by atoms with E-state index in [0.29, 0.717) is 0 Å². The molecule has 0 rings (SSSR count). The van der Waals surface area contributed by atoms with E-state index in [1.165, 1.54) is 0 Å². The third-order valence-corrected chi connectivity index (χ3v) is 0.857. The molecule has 0 N–H and O–H groups in total. The van der Waals surface area contributed by atoms with Gasteiger partial charge < -0.3 is 18.6 Å². The van der Waals surface area contributed by atoms with Crippen LogP contribution in [0.15, 0.2) is 0 Å². The van der Waals surface area contributed by atoms with Gasteiger partial charge in [0.05, 0.1) is 0 Å². The van der Waals surface area contributed by atoms with Crippen molar-refractivity contribution < 1.29 is 44.0 Å². The maximum atomic E-state index is 9.15. The topological polar surface area (TPSA) is 101 Å². The van der Waals surface area contributed by atoms with Gasteiger partial charge in [-0.25, -0.2) is 0 Å². The van der Waals surface area contributed by atoms with Crippen LogP contribution in [0.5, 0.6) is 0 Å². The monoisotopic (exact) mass is 198 g/mol. The van der Waals surface area contributed by atoms with Gasteiger partial charge in [-0.1, -0.05) is 0 Å². The summed E-state index contributed by atoms with van der Waals surface area (Å²) in [5, 5.41) is 0. The van der Waals surface area contributed by atoms with Crippen LogP contribution in [0.3, 0.4) is 0 Å². The third-order valence-electron chi connectivity index (χ3n) is 0.0952. The quantitative estimate of drug-likeness (QED) is 0.411. The van der Waals surface area contributed by atoms with E-state index in [4.69, 9.17) is 18.6 Å². The summed E-state index contributed by atoms with van der Waals surface area (Å²) in [6.07, 6.45) is 0. The maximum Gasteiger partial charge on any atom is 0.424 e. The Morgan fingerprint density at radius 1 is 0.778 bits per heavy atom. The van der Waals surface area contributed by atoms with Crippen LogP contribution >= 0.6 is 0 Å². The summed E-state index contributed by atoms with van der Waals surface area (Å²) in [6.45, 7) is 0. The van der Waals surface area contributed by atoms with Crippen molar-refractivity contribution in [1.29, 1.82) is 0 Å². The average molecular weight is 199 g/mol. The van der Waals surface area contributed by atoms with Crippen molar-refractivity contribution in [2.24, 2.45) is 0 Å². The van der Waals surface area contributed by atoms with E-state index in [1.807, 2.05) is 0 Å². The molecule has 48 valence electrons. The molecular weight excluding hydrogens is 197 g/mol. The molecular formula is H2Cl2Na2O5. The van der Waals surface area contributed by atoms with E-state index in [2.05, 4.69) is 3.84 Å². The second-order valence-corrected chi connectivity index (χ2v) is 1.66. The Labute approximate surface area is 102 Å². The summed E-state index contributed by atoms with van der Waals surface area (Å²) in [4.78, 5) is 0. The molecule has 0 aromatic heterocycles. The van der Waals surface area contributed by atoms with Gasteiger partial charge in [0.2, 0.25) is 0 Å². The van der Waals surface area contributed by atoms with Crippen molar-refractivity contribution in [3.05, 3.63) is 0 Å². The van der Waals surface area contributed by atoms with Crippen LogP contribution in [-0.4, -0.2) is 59.1 Å². The second-order valence-electron chi connectivity index (χ2n) is 0.436. The Morgan fingerprint density at radius 3 is 1.00 bits per heavy atom. The third kappa shape index (κ3) is 17.9. The normalized spacial score (nSPS) is 8.67. The second kappa shape index (κ2) is 10.4. The van der Waals surface area contributed by atoms with Crippen molar-refractivity contribution in [3.8, 4) is 0 Å². The van der Waals surface area contributed by atoms with Crippen LogP contribution in [0.2, 0.25) is 0 Å². The van der Waals surface area contributed by atoms with Gasteiger partial charge in [0.1, 0.15) is 0 Å². The van der Waals surface area contributed by atoms with Gasteiger partial charge in [-0.3, -0.25) is 0 Å². The molecule has 0 aromatic rings. The molecule has 0 aliphatic heterocycles. The van der Waals surface area contributed by atoms with Crippen molar-refractivity contribution in [2.45, 2.75) is 0 Å². The largest absolute Gasteiger partial charge is 0.424 e. The molecule has 0 amide bonds. The van der Waals surface area contributed by atoms with E-state index < -0.39 is 21.6 Å². The van der Waals surface area contributed by atoms with Gasteiger partial charge >= 0.3 is 84.5 Å². The molecule has 0 radical (unpaired) electrons. The Kier molecular flexibility index (Phi) is 20.1. The first-order valence-corrected chi connectivity index (χ1v) is 2.78. The van der Waals surface area contributed by atoms with Crippen LogP contribution < -0.4 is 18.6 Å². The summed E-state index contributed by atoms with van der Waals surface area (Å²) in [5.41, 5.74) is 0. The van der Waals surface area contributed by atoms with Crippen LogP contribution in [0.25, 0.3) is 0 Å². The van der Waals surface area contributed by atoms with E-state index in [9.17, 15) is 0 Å². The number of rotatable bonds is 2. The first-order valence-electron chi connectivity index (χ1n) is 0.926. The van der Waals surface area contributed by atoms with Gasteiger partial charge in [-0.15, -0.1) is 0 Å². The fourth-order valence-electron chi connectivity index (χ4n) is 0.0389. The molecule has 0 unspecified atom stereocenters. The molecule has 0 spiro atoms. The zero-order chi connectivity index (χ0) is 5.86. The molecule has 0 saturated heterocycles. The molecule has 0 bridgehead atoms. The molecule has 9 heavy (non-hydrogen) atoms. The minimum Gasteiger partial charge on any atom is -0.311 e. The molecule has 0 aliphatic carbocycles. The van der Waals surface area contributed by atoms with E-state index >= 15 is 0 Å². The summed E-state index contributed by atoms with van der Waals surface area (Å²) in [7, 11) is -5.36. The van der Waals surface area contributed by atoms with Crippen molar-refractivity contribution in [1.82, 2.24) is 0 Å². The standard InChI is InChI=1S/Cl2O5.2Na.2H/c3-1(4)7-2(5)6;;;;. The predicted octanol–water partition coefficient (Wildman–Crippen LogP) is -6.12. The first kappa shape index (κ1) is 17.5. The average Bonchev–Trinajstić information content (AvgIpc) is 1.27. The van der Waals surface area contributed by atoms with Gasteiger partial charge in [0, 0.05) is 0 Å². The van der Waals surface area contributed by atoms with Crippen LogP contribution in [0.1, 0.15) is 0 Å². The zero-order valence-corrected chi connectivity index (χ0v) is 4.31. The SMILES string of the molecule is [NaH].[NaH].[O-][Cl+2]([O-])O[Cl+2]([O-])[O-]. The van der Waals surface area contributed by atoms with Gasteiger partial charge in [-0.05, 0) is 0 Å². The fourth-order valence-corrected chi connectivity index (χ4v) is 0.350. The fraction of sp³-hybridized carbons (Fsp3) is 0. The van der Waals surface area contributed by atoms with E-state index in [-0.39, 0.29) is 59.1 Å². The van der Waals surface area contributed by atoms with Crippen molar-refractivity contribution >= 4 is 59.1 Å². The predicted molar refractivity (Wildman–Crippen MR) is 15.4 cm³/mol. The van der Waals surface area contributed by atoms with Crippen LogP contribution in [0.4, 0.5) is 0 Å².